The average Bonchev–Trinajstić information content (AvgIpc) is 2.68. The Kier molecular flexibility index (Phi) is 6.92. The standard InChI is InChI=1S/C19H25BrN2O6/c1-19(2,3)28-18(26)27-10-9-22(17(24)25)14-7-8-16(23)21(4)15-11-12(20)5-6-13(14)15/h5-6,11,14H,7-10H2,1-4H3,(H,24,25). The highest BCUT2D eigenvalue weighted by atomic mass is 79.9. The lowest BCUT2D eigenvalue weighted by Gasteiger charge is -2.30. The van der Waals surface area contributed by atoms with Crippen molar-refractivity contribution in [2.75, 3.05) is 25.1 Å². The van der Waals surface area contributed by atoms with E-state index in [0.29, 0.717) is 12.1 Å². The lowest BCUT2D eigenvalue weighted by Crippen LogP contribution is -2.37. The molecular weight excluding hydrogens is 432 g/mol. The maximum Gasteiger partial charge on any atom is 0.508 e. The summed E-state index contributed by atoms with van der Waals surface area (Å²) in [7, 11) is 1.67. The number of benzene rings is 1. The third kappa shape index (κ3) is 5.60. The molecule has 8 nitrogen and oxygen atoms in total. The molecule has 0 saturated carbocycles. The average molecular weight is 457 g/mol. The predicted octanol–water partition coefficient (Wildman–Crippen LogP) is 4.18. The molecule has 0 bridgehead atoms. The van der Waals surface area contributed by atoms with E-state index >= 15 is 0 Å². The topological polar surface area (TPSA) is 96.4 Å². The molecule has 1 aliphatic rings. The number of hydrogen-bond donors (Lipinski definition) is 1. The molecule has 0 spiro atoms. The maximum atomic E-state index is 12.3. The number of carbonyl (C=O) groups excluding carboxylic acids is 2. The van der Waals surface area contributed by atoms with Gasteiger partial charge < -0.3 is 19.5 Å². The number of rotatable bonds is 4. The van der Waals surface area contributed by atoms with Crippen molar-refractivity contribution < 1.29 is 29.0 Å². The van der Waals surface area contributed by atoms with E-state index in [1.165, 1.54) is 9.80 Å². The van der Waals surface area contributed by atoms with Crippen LogP contribution in [0.5, 0.6) is 0 Å². The Labute approximate surface area is 172 Å². The second-order valence-electron chi connectivity index (χ2n) is 7.50. The largest absolute Gasteiger partial charge is 0.508 e. The minimum absolute atomic E-state index is 0.0351. The van der Waals surface area contributed by atoms with Crippen molar-refractivity contribution in [2.24, 2.45) is 0 Å². The van der Waals surface area contributed by atoms with Crippen molar-refractivity contribution in [2.45, 2.75) is 45.3 Å². The molecule has 1 aromatic carbocycles. The fourth-order valence-corrected chi connectivity index (χ4v) is 3.37. The van der Waals surface area contributed by atoms with E-state index in [2.05, 4.69) is 15.9 Å². The quantitative estimate of drug-likeness (QED) is 0.682. The third-order valence-corrected chi connectivity index (χ3v) is 4.78. The summed E-state index contributed by atoms with van der Waals surface area (Å²) in [5, 5.41) is 9.73. The van der Waals surface area contributed by atoms with Crippen molar-refractivity contribution >= 4 is 39.8 Å². The summed E-state index contributed by atoms with van der Waals surface area (Å²) in [5.74, 6) is -0.0859. The van der Waals surface area contributed by atoms with Gasteiger partial charge in [-0.3, -0.25) is 9.69 Å². The Morgan fingerprint density at radius 1 is 1.36 bits per heavy atom. The van der Waals surface area contributed by atoms with Crippen LogP contribution < -0.4 is 4.90 Å². The molecule has 2 rings (SSSR count). The van der Waals surface area contributed by atoms with Gasteiger partial charge in [0.15, 0.2) is 0 Å². The van der Waals surface area contributed by atoms with Crippen molar-refractivity contribution in [3.63, 3.8) is 0 Å². The van der Waals surface area contributed by atoms with Crippen molar-refractivity contribution in [1.29, 1.82) is 0 Å². The SMILES string of the molecule is CN1C(=O)CCC(N(CCOC(=O)OC(C)(C)C)C(=O)O)c2ccc(Br)cc21. The second-order valence-corrected chi connectivity index (χ2v) is 8.41. The Morgan fingerprint density at radius 2 is 2.04 bits per heavy atom. The van der Waals surface area contributed by atoms with Crippen molar-refractivity contribution in [3.05, 3.63) is 28.2 Å². The van der Waals surface area contributed by atoms with Gasteiger partial charge in [0.05, 0.1) is 12.6 Å². The molecule has 0 fully saturated rings. The van der Waals surface area contributed by atoms with Gasteiger partial charge in [-0.2, -0.15) is 0 Å². The fraction of sp³-hybridized carbons (Fsp3) is 0.526. The van der Waals surface area contributed by atoms with Gasteiger partial charge in [0, 0.05) is 23.6 Å². The smallest absolute Gasteiger partial charge is 0.465 e. The molecule has 1 atom stereocenters. The molecule has 1 aromatic rings. The zero-order valence-electron chi connectivity index (χ0n) is 16.4. The number of ether oxygens (including phenoxy) is 2. The van der Waals surface area contributed by atoms with E-state index in [1.807, 2.05) is 12.1 Å². The van der Waals surface area contributed by atoms with Gasteiger partial charge in [-0.1, -0.05) is 22.0 Å². The summed E-state index contributed by atoms with van der Waals surface area (Å²) in [6.45, 7) is 4.96. The van der Waals surface area contributed by atoms with E-state index in [-0.39, 0.29) is 25.5 Å². The number of amides is 2. The first-order valence-electron chi connectivity index (χ1n) is 8.91. The van der Waals surface area contributed by atoms with Crippen molar-refractivity contribution in [3.8, 4) is 0 Å². The van der Waals surface area contributed by atoms with E-state index in [4.69, 9.17) is 9.47 Å². The molecule has 0 saturated heterocycles. The monoisotopic (exact) mass is 456 g/mol. The molecule has 0 aromatic heterocycles. The highest BCUT2D eigenvalue weighted by molar-refractivity contribution is 9.10. The molecule has 2 amide bonds. The van der Waals surface area contributed by atoms with Crippen LogP contribution in [0.25, 0.3) is 0 Å². The summed E-state index contributed by atoms with van der Waals surface area (Å²) in [6.07, 6.45) is -1.44. The molecule has 154 valence electrons. The number of hydrogen-bond acceptors (Lipinski definition) is 5. The Hall–Kier alpha value is -2.29. The normalized spacial score (nSPS) is 16.8. The van der Waals surface area contributed by atoms with Gasteiger partial charge in [0.1, 0.15) is 12.2 Å². The van der Waals surface area contributed by atoms with Gasteiger partial charge in [-0.05, 0) is 44.9 Å². The summed E-state index contributed by atoms with van der Waals surface area (Å²) in [4.78, 5) is 38.7. The van der Waals surface area contributed by atoms with Gasteiger partial charge >= 0.3 is 12.2 Å². The summed E-state index contributed by atoms with van der Waals surface area (Å²) < 4.78 is 10.9. The highest BCUT2D eigenvalue weighted by Gasteiger charge is 2.32. The zero-order valence-corrected chi connectivity index (χ0v) is 18.0. The van der Waals surface area contributed by atoms with Crippen LogP contribution in [0.15, 0.2) is 22.7 Å². The molecular formula is C19H25BrN2O6. The first-order valence-corrected chi connectivity index (χ1v) is 9.70. The van der Waals surface area contributed by atoms with Crippen LogP contribution in [0.3, 0.4) is 0 Å². The number of fused-ring (bicyclic) bond motifs is 1. The Bertz CT molecular complexity index is 761. The molecule has 9 heteroatoms. The van der Waals surface area contributed by atoms with Crippen molar-refractivity contribution in [1.82, 2.24) is 4.90 Å². The van der Waals surface area contributed by atoms with Gasteiger partial charge in [-0.15, -0.1) is 0 Å². The molecule has 0 aliphatic carbocycles. The van der Waals surface area contributed by atoms with Gasteiger partial charge in [-0.25, -0.2) is 9.59 Å². The van der Waals surface area contributed by atoms with Crippen LogP contribution in [-0.4, -0.2) is 54.0 Å². The first kappa shape index (κ1) is 22.0. The number of anilines is 1. The van der Waals surface area contributed by atoms with Crippen LogP contribution in [0.2, 0.25) is 0 Å². The predicted molar refractivity (Wildman–Crippen MR) is 106 cm³/mol. The molecule has 1 heterocycles. The molecule has 28 heavy (non-hydrogen) atoms. The highest BCUT2D eigenvalue weighted by Crippen LogP contribution is 2.38. The lowest BCUT2D eigenvalue weighted by molar-refractivity contribution is -0.118. The molecule has 1 aliphatic heterocycles. The van der Waals surface area contributed by atoms with E-state index in [0.717, 1.165) is 10.0 Å². The second kappa shape index (κ2) is 8.81. The minimum atomic E-state index is -1.15. The third-order valence-electron chi connectivity index (χ3n) is 4.28. The number of nitrogens with zero attached hydrogens (tertiary/aromatic N) is 2. The van der Waals surface area contributed by atoms with Crippen LogP contribution in [-0.2, 0) is 14.3 Å². The van der Waals surface area contributed by atoms with Crippen LogP contribution >= 0.6 is 15.9 Å². The summed E-state index contributed by atoms with van der Waals surface area (Å²) in [5.41, 5.74) is 0.694. The number of carboxylic acid groups (broad SMARTS) is 1. The minimum Gasteiger partial charge on any atom is -0.465 e. The Morgan fingerprint density at radius 3 is 2.64 bits per heavy atom. The van der Waals surface area contributed by atoms with Crippen LogP contribution in [0, 0.1) is 0 Å². The van der Waals surface area contributed by atoms with Crippen LogP contribution in [0.1, 0.15) is 45.2 Å². The molecule has 1 unspecified atom stereocenters. The zero-order chi connectivity index (χ0) is 21.1. The molecule has 0 radical (unpaired) electrons. The first-order chi connectivity index (χ1) is 13.0. The van der Waals surface area contributed by atoms with E-state index in [9.17, 15) is 19.5 Å². The maximum absolute atomic E-state index is 12.3. The number of halogens is 1. The Balaban J connectivity index is 2.19. The lowest BCUT2D eigenvalue weighted by atomic mass is 10.00. The number of carbonyl (C=O) groups is 3. The summed E-state index contributed by atoms with van der Waals surface area (Å²) in [6, 6.07) is 4.89. The van der Waals surface area contributed by atoms with Gasteiger partial charge in [0.2, 0.25) is 5.91 Å². The van der Waals surface area contributed by atoms with Gasteiger partial charge in [0.25, 0.3) is 0 Å². The van der Waals surface area contributed by atoms with E-state index in [1.54, 1.807) is 33.9 Å². The summed E-state index contributed by atoms with van der Waals surface area (Å²) >= 11 is 3.39. The van der Waals surface area contributed by atoms with Crippen LogP contribution in [0.4, 0.5) is 15.3 Å². The fourth-order valence-electron chi connectivity index (χ4n) is 3.02. The van der Waals surface area contributed by atoms with E-state index < -0.39 is 23.9 Å². The molecule has 1 N–H and O–H groups in total.